The zero-order valence-electron chi connectivity index (χ0n) is 13.9. The predicted molar refractivity (Wildman–Crippen MR) is 82.4 cm³/mol. The van der Waals surface area contributed by atoms with Gasteiger partial charge < -0.3 is 19.7 Å². The lowest BCUT2D eigenvalue weighted by atomic mass is 9.98. The molecule has 2 aliphatic rings. The highest BCUT2D eigenvalue weighted by atomic mass is 16.6. The van der Waals surface area contributed by atoms with Gasteiger partial charge in [-0.1, -0.05) is 0 Å². The van der Waals surface area contributed by atoms with Crippen LogP contribution in [0.15, 0.2) is 0 Å². The molecule has 1 amide bonds. The number of rotatable bonds is 5. The fraction of sp³-hybridized carbons (Fsp3) is 0.938. The van der Waals surface area contributed by atoms with Gasteiger partial charge in [0, 0.05) is 31.3 Å². The van der Waals surface area contributed by atoms with Crippen molar-refractivity contribution >= 4 is 6.09 Å². The molecule has 2 fully saturated rings. The highest BCUT2D eigenvalue weighted by Crippen LogP contribution is 2.36. The van der Waals surface area contributed by atoms with Crippen molar-refractivity contribution < 1.29 is 14.3 Å². The molecule has 0 radical (unpaired) electrons. The molecule has 2 bridgehead atoms. The minimum Gasteiger partial charge on any atom is -0.444 e. The van der Waals surface area contributed by atoms with E-state index in [2.05, 4.69) is 5.32 Å². The van der Waals surface area contributed by atoms with Crippen LogP contribution in [0.25, 0.3) is 0 Å². The summed E-state index contributed by atoms with van der Waals surface area (Å²) in [5.74, 6) is 0. The topological polar surface area (TPSA) is 50.8 Å². The molecule has 0 saturated carbocycles. The van der Waals surface area contributed by atoms with E-state index in [9.17, 15) is 4.79 Å². The number of piperidine rings is 1. The minimum atomic E-state index is -0.414. The van der Waals surface area contributed by atoms with E-state index in [1.54, 1.807) is 0 Å². The van der Waals surface area contributed by atoms with Crippen molar-refractivity contribution in [1.82, 2.24) is 10.2 Å². The lowest BCUT2D eigenvalue weighted by Crippen LogP contribution is -2.52. The predicted octanol–water partition coefficient (Wildman–Crippen LogP) is 2.54. The number of carbonyl (C=O) groups excluding carboxylic acids is 1. The Bertz CT molecular complexity index is 340. The van der Waals surface area contributed by atoms with Crippen molar-refractivity contribution in [3.63, 3.8) is 0 Å². The molecule has 2 unspecified atom stereocenters. The molecule has 0 aromatic rings. The van der Waals surface area contributed by atoms with Crippen LogP contribution in [0.2, 0.25) is 0 Å². The molecule has 2 rings (SSSR count). The van der Waals surface area contributed by atoms with Gasteiger partial charge in [0.25, 0.3) is 0 Å². The lowest BCUT2D eigenvalue weighted by Gasteiger charge is -2.39. The number of amides is 1. The Kier molecular flexibility index (Phi) is 5.49. The van der Waals surface area contributed by atoms with E-state index in [1.807, 2.05) is 32.6 Å². The molecule has 122 valence electrons. The van der Waals surface area contributed by atoms with Gasteiger partial charge in [-0.3, -0.25) is 0 Å². The average molecular weight is 298 g/mol. The third-order valence-corrected chi connectivity index (χ3v) is 4.22. The first-order valence-electron chi connectivity index (χ1n) is 8.23. The van der Waals surface area contributed by atoms with E-state index >= 15 is 0 Å². The molecule has 21 heavy (non-hydrogen) atoms. The molecule has 0 aliphatic carbocycles. The summed E-state index contributed by atoms with van der Waals surface area (Å²) in [5.41, 5.74) is -0.414. The van der Waals surface area contributed by atoms with Crippen molar-refractivity contribution in [2.24, 2.45) is 0 Å². The van der Waals surface area contributed by atoms with Crippen LogP contribution in [0, 0.1) is 0 Å². The fourth-order valence-corrected chi connectivity index (χ4v) is 3.44. The number of nitrogens with one attached hydrogen (secondary N) is 1. The second-order valence-electron chi connectivity index (χ2n) is 7.09. The van der Waals surface area contributed by atoms with Crippen molar-refractivity contribution in [1.29, 1.82) is 0 Å². The summed E-state index contributed by atoms with van der Waals surface area (Å²) in [7, 11) is 0. The molecular weight excluding hydrogens is 268 g/mol. The molecular formula is C16H30N2O3. The van der Waals surface area contributed by atoms with Crippen LogP contribution in [0.1, 0.15) is 53.4 Å². The van der Waals surface area contributed by atoms with Gasteiger partial charge in [0.2, 0.25) is 0 Å². The maximum Gasteiger partial charge on any atom is 0.410 e. The maximum absolute atomic E-state index is 12.3. The van der Waals surface area contributed by atoms with Crippen LogP contribution in [0.4, 0.5) is 4.79 Å². The minimum absolute atomic E-state index is 0.136. The van der Waals surface area contributed by atoms with Gasteiger partial charge in [0.1, 0.15) is 5.60 Å². The summed E-state index contributed by atoms with van der Waals surface area (Å²) in [5, 5.41) is 3.56. The highest BCUT2D eigenvalue weighted by molar-refractivity contribution is 5.69. The van der Waals surface area contributed by atoms with E-state index in [4.69, 9.17) is 9.47 Å². The summed E-state index contributed by atoms with van der Waals surface area (Å²) in [6.45, 7) is 10.2. The van der Waals surface area contributed by atoms with Crippen LogP contribution < -0.4 is 5.32 Å². The molecule has 2 aliphatic heterocycles. The number of ether oxygens (including phenoxy) is 2. The number of carbonyl (C=O) groups is 1. The summed E-state index contributed by atoms with van der Waals surface area (Å²) < 4.78 is 10.9. The van der Waals surface area contributed by atoms with Crippen molar-refractivity contribution in [3.05, 3.63) is 0 Å². The van der Waals surface area contributed by atoms with Crippen LogP contribution >= 0.6 is 0 Å². The average Bonchev–Trinajstić information content (AvgIpc) is 2.65. The number of hydrogen-bond acceptors (Lipinski definition) is 4. The first kappa shape index (κ1) is 16.6. The largest absolute Gasteiger partial charge is 0.444 e. The van der Waals surface area contributed by atoms with E-state index in [0.717, 1.165) is 45.4 Å². The van der Waals surface area contributed by atoms with Crippen LogP contribution in [0.5, 0.6) is 0 Å². The van der Waals surface area contributed by atoms with Gasteiger partial charge in [-0.2, -0.15) is 0 Å². The standard InChI is InChI=1S/C16H30N2O3/c1-5-20-9-8-17-12-10-13-6-7-14(11-12)18(13)15(19)21-16(2,3)4/h12-14,17H,5-11H2,1-4H3. The van der Waals surface area contributed by atoms with Crippen LogP contribution in [-0.2, 0) is 9.47 Å². The van der Waals surface area contributed by atoms with E-state index < -0.39 is 5.60 Å². The first-order chi connectivity index (χ1) is 9.90. The Morgan fingerprint density at radius 1 is 1.24 bits per heavy atom. The van der Waals surface area contributed by atoms with E-state index in [1.165, 1.54) is 0 Å². The summed E-state index contributed by atoms with van der Waals surface area (Å²) >= 11 is 0. The Labute approximate surface area is 128 Å². The second-order valence-corrected chi connectivity index (χ2v) is 7.09. The summed E-state index contributed by atoms with van der Waals surface area (Å²) in [4.78, 5) is 14.3. The highest BCUT2D eigenvalue weighted by Gasteiger charge is 2.44. The molecule has 5 nitrogen and oxygen atoms in total. The third kappa shape index (κ3) is 4.58. The summed E-state index contributed by atoms with van der Waals surface area (Å²) in [6, 6.07) is 1.17. The Morgan fingerprint density at radius 3 is 2.38 bits per heavy atom. The molecule has 0 spiro atoms. The monoisotopic (exact) mass is 298 g/mol. The Morgan fingerprint density at radius 2 is 1.86 bits per heavy atom. The second kappa shape index (κ2) is 6.97. The quantitative estimate of drug-likeness (QED) is 0.793. The third-order valence-electron chi connectivity index (χ3n) is 4.22. The molecule has 1 N–H and O–H groups in total. The van der Waals surface area contributed by atoms with E-state index in [0.29, 0.717) is 18.1 Å². The normalized spacial score (nSPS) is 28.8. The van der Waals surface area contributed by atoms with Gasteiger partial charge in [-0.15, -0.1) is 0 Å². The number of hydrogen-bond donors (Lipinski definition) is 1. The van der Waals surface area contributed by atoms with Gasteiger partial charge in [-0.25, -0.2) is 4.79 Å². The molecule has 0 aromatic heterocycles. The van der Waals surface area contributed by atoms with Crippen molar-refractivity contribution in [3.8, 4) is 0 Å². The summed E-state index contributed by atoms with van der Waals surface area (Å²) in [6.07, 6.45) is 4.13. The van der Waals surface area contributed by atoms with E-state index in [-0.39, 0.29) is 6.09 Å². The van der Waals surface area contributed by atoms with Gasteiger partial charge in [0.15, 0.2) is 0 Å². The SMILES string of the molecule is CCOCCNC1CC2CCC(C1)N2C(=O)OC(C)(C)C. The van der Waals surface area contributed by atoms with Gasteiger partial charge in [0.05, 0.1) is 6.61 Å². The fourth-order valence-electron chi connectivity index (χ4n) is 3.44. The molecule has 0 aromatic carbocycles. The molecule has 2 saturated heterocycles. The zero-order chi connectivity index (χ0) is 15.5. The van der Waals surface area contributed by atoms with Crippen LogP contribution in [0.3, 0.4) is 0 Å². The smallest absolute Gasteiger partial charge is 0.410 e. The first-order valence-corrected chi connectivity index (χ1v) is 8.23. The van der Waals surface area contributed by atoms with Gasteiger partial charge >= 0.3 is 6.09 Å². The van der Waals surface area contributed by atoms with Crippen molar-refractivity contribution in [2.75, 3.05) is 19.8 Å². The van der Waals surface area contributed by atoms with Crippen LogP contribution in [-0.4, -0.2) is 54.5 Å². The number of nitrogens with zero attached hydrogens (tertiary/aromatic N) is 1. The molecule has 2 atom stereocenters. The maximum atomic E-state index is 12.3. The lowest BCUT2D eigenvalue weighted by molar-refractivity contribution is 0.00440. The Balaban J connectivity index is 1.83. The Hall–Kier alpha value is -0.810. The number of fused-ring (bicyclic) bond motifs is 2. The molecule has 2 heterocycles. The zero-order valence-corrected chi connectivity index (χ0v) is 13.9. The van der Waals surface area contributed by atoms with Gasteiger partial charge in [-0.05, 0) is 53.4 Å². The molecule has 5 heteroatoms. The van der Waals surface area contributed by atoms with Crippen molar-refractivity contribution in [2.45, 2.75) is 77.1 Å².